The third kappa shape index (κ3) is 5.51. The third-order valence-electron chi connectivity index (χ3n) is 6.07. The normalized spacial score (nSPS) is 11.3. The van der Waals surface area contributed by atoms with Crippen molar-refractivity contribution in [2.24, 2.45) is 7.05 Å². The van der Waals surface area contributed by atoms with Gasteiger partial charge in [0, 0.05) is 55.9 Å². The zero-order chi connectivity index (χ0) is 28.4. The van der Waals surface area contributed by atoms with Gasteiger partial charge in [-0.15, -0.1) is 0 Å². The molecule has 5 aromatic rings. The van der Waals surface area contributed by atoms with E-state index in [1.165, 1.54) is 32.6 Å². The van der Waals surface area contributed by atoms with Crippen LogP contribution in [0.3, 0.4) is 0 Å². The maximum atomic E-state index is 13.8. The molecule has 0 spiro atoms. The number of nitrogens with zero attached hydrogens (tertiary/aromatic N) is 4. The zero-order valence-corrected chi connectivity index (χ0v) is 21.6. The number of alkyl halides is 3. The maximum Gasteiger partial charge on any atom is 0.416 e. The number of carbonyl (C=O) groups excluding carboxylic acids is 1. The van der Waals surface area contributed by atoms with E-state index in [0.29, 0.717) is 40.0 Å². The van der Waals surface area contributed by atoms with E-state index in [0.717, 1.165) is 17.6 Å². The average Bonchev–Trinajstić information content (AvgIpc) is 3.26. The van der Waals surface area contributed by atoms with E-state index in [1.54, 1.807) is 54.1 Å². The van der Waals surface area contributed by atoms with Crippen molar-refractivity contribution in [2.75, 3.05) is 19.5 Å². The number of ether oxygens (including phenoxy) is 2. The predicted molar refractivity (Wildman–Crippen MR) is 143 cm³/mol. The second-order valence-corrected chi connectivity index (χ2v) is 8.71. The van der Waals surface area contributed by atoms with Crippen LogP contribution in [0.15, 0.2) is 73.1 Å². The van der Waals surface area contributed by atoms with Crippen LogP contribution in [0.2, 0.25) is 0 Å². The fraction of sp³-hybridized carbons (Fsp3) is 0.143. The van der Waals surface area contributed by atoms with Gasteiger partial charge in [0.25, 0.3) is 5.91 Å². The summed E-state index contributed by atoms with van der Waals surface area (Å²) >= 11 is 0. The smallest absolute Gasteiger partial charge is 0.416 e. The first-order valence-corrected chi connectivity index (χ1v) is 12.0. The molecule has 0 radical (unpaired) electrons. The molecule has 0 atom stereocenters. The van der Waals surface area contributed by atoms with Crippen LogP contribution < -0.4 is 20.1 Å². The Morgan fingerprint density at radius 1 is 0.950 bits per heavy atom. The molecule has 2 N–H and O–H groups in total. The molecule has 5 rings (SSSR count). The van der Waals surface area contributed by atoms with Gasteiger partial charge in [-0.1, -0.05) is 0 Å². The summed E-state index contributed by atoms with van der Waals surface area (Å²) in [6.45, 7) is 0. The lowest BCUT2D eigenvalue weighted by Gasteiger charge is -2.14. The van der Waals surface area contributed by atoms with Gasteiger partial charge in [0.15, 0.2) is 0 Å². The van der Waals surface area contributed by atoms with Gasteiger partial charge in [0.1, 0.15) is 17.2 Å². The molecule has 0 aliphatic heterocycles. The number of pyridine rings is 2. The van der Waals surface area contributed by atoms with Crippen molar-refractivity contribution in [3.63, 3.8) is 0 Å². The summed E-state index contributed by atoms with van der Waals surface area (Å²) in [5.41, 5.74) is 1.70. The van der Waals surface area contributed by atoms with Crippen molar-refractivity contribution in [3.8, 4) is 28.5 Å². The van der Waals surface area contributed by atoms with E-state index in [9.17, 15) is 18.0 Å². The Balaban J connectivity index is 1.46. The molecule has 0 saturated carbocycles. The molecule has 40 heavy (non-hydrogen) atoms. The lowest BCUT2D eigenvalue weighted by molar-refractivity contribution is -0.137. The van der Waals surface area contributed by atoms with Gasteiger partial charge in [0.05, 0.1) is 23.7 Å². The van der Waals surface area contributed by atoms with Gasteiger partial charge in [-0.3, -0.25) is 9.78 Å². The monoisotopic (exact) mass is 548 g/mol. The van der Waals surface area contributed by atoms with Crippen molar-refractivity contribution >= 4 is 28.6 Å². The van der Waals surface area contributed by atoms with Gasteiger partial charge in [-0.05, 0) is 48.0 Å². The maximum absolute atomic E-state index is 13.8. The molecule has 0 unspecified atom stereocenters. The molecule has 0 bridgehead atoms. The number of aromatic nitrogens is 4. The quantitative estimate of drug-likeness (QED) is 0.259. The zero-order valence-electron chi connectivity index (χ0n) is 21.6. The minimum absolute atomic E-state index is 0.203. The second-order valence-electron chi connectivity index (χ2n) is 8.71. The van der Waals surface area contributed by atoms with Crippen molar-refractivity contribution in [2.45, 2.75) is 6.18 Å². The Hall–Kier alpha value is -5.13. The van der Waals surface area contributed by atoms with Gasteiger partial charge >= 0.3 is 6.18 Å². The number of aryl methyl sites for hydroxylation is 1. The first-order chi connectivity index (χ1) is 19.1. The SMILES string of the molecule is CNC(=O)c1cc(Oc2ccc3c(c2)nc(Nc2cc(-c4ccc(OC)nc4)cc(C(F)(F)F)c2)n3C)ccn1. The summed E-state index contributed by atoms with van der Waals surface area (Å²) in [5, 5.41) is 5.52. The van der Waals surface area contributed by atoms with E-state index < -0.39 is 11.7 Å². The molecule has 0 saturated heterocycles. The van der Waals surface area contributed by atoms with E-state index >= 15 is 0 Å². The Morgan fingerprint density at radius 3 is 2.45 bits per heavy atom. The molecule has 9 nitrogen and oxygen atoms in total. The van der Waals surface area contributed by atoms with E-state index in [2.05, 4.69) is 25.6 Å². The van der Waals surface area contributed by atoms with Crippen LogP contribution in [0.1, 0.15) is 16.1 Å². The average molecular weight is 549 g/mol. The van der Waals surface area contributed by atoms with E-state index in [-0.39, 0.29) is 17.3 Å². The lowest BCUT2D eigenvalue weighted by atomic mass is 10.0. The number of imidazole rings is 1. The van der Waals surface area contributed by atoms with Crippen molar-refractivity contribution < 1.29 is 27.4 Å². The fourth-order valence-corrected chi connectivity index (χ4v) is 4.05. The van der Waals surface area contributed by atoms with Crippen LogP contribution in [-0.2, 0) is 13.2 Å². The molecule has 2 aromatic carbocycles. The number of hydrogen-bond donors (Lipinski definition) is 2. The number of carbonyl (C=O) groups is 1. The first kappa shape index (κ1) is 26.5. The number of anilines is 2. The molecule has 3 aromatic heterocycles. The number of methoxy groups -OCH3 is 1. The van der Waals surface area contributed by atoms with Gasteiger partial charge in [0.2, 0.25) is 11.8 Å². The van der Waals surface area contributed by atoms with Crippen LogP contribution in [-0.4, -0.2) is 39.6 Å². The molecule has 12 heteroatoms. The highest BCUT2D eigenvalue weighted by atomic mass is 19.4. The summed E-state index contributed by atoms with van der Waals surface area (Å²) in [6.07, 6.45) is -1.64. The van der Waals surface area contributed by atoms with E-state index in [1.807, 2.05) is 0 Å². The molecular weight excluding hydrogens is 525 g/mol. The Bertz CT molecular complexity index is 1700. The molecule has 0 aliphatic carbocycles. The Labute approximate surface area is 226 Å². The number of fused-ring (bicyclic) bond motifs is 1. The standard InChI is InChI=1S/C28H23F3N6O3/c1-32-26(38)23-14-21(8-9-33-23)40-20-5-6-24-22(13-20)36-27(37(24)2)35-19-11-17(10-18(12-19)28(29,30)31)16-4-7-25(39-3)34-15-16/h4-15H,1-3H3,(H,32,38)(H,35,36). The fourth-order valence-electron chi connectivity index (χ4n) is 4.05. The highest BCUT2D eigenvalue weighted by Crippen LogP contribution is 2.36. The summed E-state index contributed by atoms with van der Waals surface area (Å²) in [5.74, 6) is 1.21. The molecule has 0 aliphatic rings. The summed E-state index contributed by atoms with van der Waals surface area (Å²) in [4.78, 5) is 24.6. The highest BCUT2D eigenvalue weighted by molar-refractivity contribution is 5.92. The summed E-state index contributed by atoms with van der Waals surface area (Å²) < 4.78 is 53.9. The van der Waals surface area contributed by atoms with E-state index in [4.69, 9.17) is 9.47 Å². The van der Waals surface area contributed by atoms with Crippen LogP contribution in [0.25, 0.3) is 22.2 Å². The number of rotatable bonds is 7. The van der Waals surface area contributed by atoms with Crippen LogP contribution in [0.5, 0.6) is 17.4 Å². The lowest BCUT2D eigenvalue weighted by Crippen LogP contribution is -2.18. The number of halogens is 3. The van der Waals surface area contributed by atoms with Gasteiger partial charge in [-0.25, -0.2) is 9.97 Å². The molecule has 1 amide bonds. The van der Waals surface area contributed by atoms with Crippen molar-refractivity contribution in [1.82, 2.24) is 24.8 Å². The molecule has 3 heterocycles. The molecule has 204 valence electrons. The number of amides is 1. The summed E-state index contributed by atoms with van der Waals surface area (Å²) in [6, 6.07) is 15.3. The minimum atomic E-state index is -4.56. The molecule has 0 fully saturated rings. The highest BCUT2D eigenvalue weighted by Gasteiger charge is 2.31. The third-order valence-corrected chi connectivity index (χ3v) is 6.07. The number of hydrogen-bond acceptors (Lipinski definition) is 7. The topological polar surface area (TPSA) is 103 Å². The Morgan fingerprint density at radius 2 is 1.75 bits per heavy atom. The van der Waals surface area contributed by atoms with Gasteiger partial charge < -0.3 is 24.7 Å². The minimum Gasteiger partial charge on any atom is -0.481 e. The Kier molecular flexibility index (Phi) is 6.99. The van der Waals surface area contributed by atoms with Crippen LogP contribution >= 0.6 is 0 Å². The van der Waals surface area contributed by atoms with Crippen molar-refractivity contribution in [1.29, 1.82) is 0 Å². The van der Waals surface area contributed by atoms with Crippen LogP contribution in [0.4, 0.5) is 24.8 Å². The molecular formula is C28H23F3N6O3. The largest absolute Gasteiger partial charge is 0.481 e. The van der Waals surface area contributed by atoms with Gasteiger partial charge in [-0.2, -0.15) is 13.2 Å². The predicted octanol–water partition coefficient (Wildman–Crippen LogP) is 5.95. The van der Waals surface area contributed by atoms with Crippen LogP contribution in [0, 0.1) is 0 Å². The van der Waals surface area contributed by atoms with Crippen molar-refractivity contribution in [3.05, 3.63) is 84.3 Å². The number of nitrogens with one attached hydrogen (secondary N) is 2. The second kappa shape index (κ2) is 10.6. The first-order valence-electron chi connectivity index (χ1n) is 12.0. The number of benzene rings is 2. The summed E-state index contributed by atoms with van der Waals surface area (Å²) in [7, 11) is 4.72.